The molecule has 0 fully saturated rings. The monoisotopic (exact) mass is 287 g/mol. The Labute approximate surface area is 123 Å². The van der Waals surface area contributed by atoms with Crippen molar-refractivity contribution >= 4 is 11.7 Å². The third-order valence-electron chi connectivity index (χ3n) is 4.13. The zero-order chi connectivity index (χ0) is 15.0. The van der Waals surface area contributed by atoms with Crippen molar-refractivity contribution in [2.75, 3.05) is 5.73 Å². The van der Waals surface area contributed by atoms with Crippen molar-refractivity contribution in [1.29, 1.82) is 0 Å². The smallest absolute Gasteiger partial charge is 0.253 e. The van der Waals surface area contributed by atoms with Crippen molar-refractivity contribution in [3.8, 4) is 11.4 Å². The molecule has 0 spiro atoms. The van der Waals surface area contributed by atoms with Crippen LogP contribution in [-0.2, 0) is 13.0 Å². The van der Waals surface area contributed by atoms with Gasteiger partial charge in [0.2, 0.25) is 0 Å². The summed E-state index contributed by atoms with van der Waals surface area (Å²) < 4.78 is 2.11. The summed E-state index contributed by atoms with van der Waals surface area (Å²) in [6.45, 7) is 4.94. The number of rotatable bonds is 3. The van der Waals surface area contributed by atoms with E-state index in [2.05, 4.69) is 27.0 Å². The lowest BCUT2D eigenvalue weighted by Crippen LogP contribution is -2.31. The molecule has 6 nitrogen and oxygen atoms in total. The number of nitrogen functional groups attached to an aromatic ring is 1. The molecule has 3 heterocycles. The van der Waals surface area contributed by atoms with Gasteiger partial charge in [-0.1, -0.05) is 6.92 Å². The summed E-state index contributed by atoms with van der Waals surface area (Å²) in [4.78, 5) is 12.3. The maximum absolute atomic E-state index is 12.3. The standard InChI is InChI=1S/C15H21N5O/c1-3-9(2)17-15(21)10-7-12-13-11(14(16)19-18-13)5-4-6-20(12)8-10/h7-9H,3-6H2,1-2H3,(H,17,21)(H3,16,18,19). The quantitative estimate of drug-likeness (QED) is 0.806. The average Bonchev–Trinajstić information content (AvgIpc) is 2.99. The van der Waals surface area contributed by atoms with Crippen molar-refractivity contribution in [3.05, 3.63) is 23.4 Å². The van der Waals surface area contributed by atoms with Crippen LogP contribution in [0.3, 0.4) is 0 Å². The van der Waals surface area contributed by atoms with Gasteiger partial charge in [0.05, 0.1) is 17.0 Å². The van der Waals surface area contributed by atoms with Crippen molar-refractivity contribution in [2.45, 2.75) is 45.7 Å². The Bertz CT molecular complexity index is 670. The van der Waals surface area contributed by atoms with E-state index in [-0.39, 0.29) is 11.9 Å². The van der Waals surface area contributed by atoms with E-state index in [1.807, 2.05) is 19.2 Å². The van der Waals surface area contributed by atoms with Crippen molar-refractivity contribution < 1.29 is 4.79 Å². The molecule has 112 valence electrons. The fourth-order valence-electron chi connectivity index (χ4n) is 2.71. The van der Waals surface area contributed by atoms with Crippen LogP contribution in [0.1, 0.15) is 42.6 Å². The Morgan fingerprint density at radius 3 is 3.19 bits per heavy atom. The van der Waals surface area contributed by atoms with E-state index in [9.17, 15) is 4.79 Å². The summed E-state index contributed by atoms with van der Waals surface area (Å²) in [5, 5.41) is 10.1. The summed E-state index contributed by atoms with van der Waals surface area (Å²) in [5.41, 5.74) is 9.57. The second-order valence-corrected chi connectivity index (χ2v) is 5.66. The Morgan fingerprint density at radius 2 is 2.43 bits per heavy atom. The number of H-pyrrole nitrogens is 1. The lowest BCUT2D eigenvalue weighted by Gasteiger charge is -2.09. The van der Waals surface area contributed by atoms with Gasteiger partial charge in [-0.3, -0.25) is 9.89 Å². The number of carbonyl (C=O) groups is 1. The van der Waals surface area contributed by atoms with Crippen LogP contribution in [0, 0.1) is 0 Å². The Balaban J connectivity index is 1.95. The van der Waals surface area contributed by atoms with E-state index in [0.29, 0.717) is 11.4 Å². The van der Waals surface area contributed by atoms with E-state index in [4.69, 9.17) is 5.73 Å². The molecule has 3 rings (SSSR count). The maximum Gasteiger partial charge on any atom is 0.253 e. The SMILES string of the molecule is CCC(C)NC(=O)c1cc2n(c1)CCCc1c(N)n[nH]c1-2. The molecule has 6 heteroatoms. The zero-order valence-corrected chi connectivity index (χ0v) is 12.4. The number of hydrogen-bond donors (Lipinski definition) is 3. The summed E-state index contributed by atoms with van der Waals surface area (Å²) in [7, 11) is 0. The van der Waals surface area contributed by atoms with Crippen molar-refractivity contribution in [3.63, 3.8) is 0 Å². The number of anilines is 1. The molecule has 2 aromatic heterocycles. The lowest BCUT2D eigenvalue weighted by molar-refractivity contribution is 0.0939. The molecule has 1 amide bonds. The first-order chi connectivity index (χ1) is 10.1. The molecule has 0 saturated carbocycles. The van der Waals surface area contributed by atoms with Gasteiger partial charge in [-0.2, -0.15) is 5.10 Å². The number of aromatic nitrogens is 3. The van der Waals surface area contributed by atoms with Crippen molar-refractivity contribution in [2.24, 2.45) is 0 Å². The summed E-state index contributed by atoms with van der Waals surface area (Å²) in [6, 6.07) is 2.09. The number of carbonyl (C=O) groups excluding carboxylic acids is 1. The second-order valence-electron chi connectivity index (χ2n) is 5.66. The number of hydrogen-bond acceptors (Lipinski definition) is 3. The molecular weight excluding hydrogens is 266 g/mol. The molecule has 1 atom stereocenters. The minimum absolute atomic E-state index is 0.0287. The average molecular weight is 287 g/mol. The number of aryl methyl sites for hydroxylation is 1. The van der Waals surface area contributed by atoms with Crippen LogP contribution in [0.25, 0.3) is 11.4 Å². The molecule has 2 aromatic rings. The molecular formula is C15H21N5O. The van der Waals surface area contributed by atoms with Crippen LogP contribution >= 0.6 is 0 Å². The number of nitrogens with one attached hydrogen (secondary N) is 2. The highest BCUT2D eigenvalue weighted by Crippen LogP contribution is 2.31. The molecule has 0 radical (unpaired) electrons. The van der Waals surface area contributed by atoms with Gasteiger partial charge in [-0.05, 0) is 32.3 Å². The third-order valence-corrected chi connectivity index (χ3v) is 4.13. The minimum atomic E-state index is -0.0287. The predicted octanol–water partition coefficient (Wildman–Crippen LogP) is 1.93. The summed E-state index contributed by atoms with van der Waals surface area (Å²) in [6.07, 6.45) is 4.73. The van der Waals surface area contributed by atoms with Gasteiger partial charge in [0, 0.05) is 24.3 Å². The Kier molecular flexibility index (Phi) is 3.45. The predicted molar refractivity (Wildman–Crippen MR) is 82.0 cm³/mol. The van der Waals surface area contributed by atoms with E-state index in [1.165, 1.54) is 0 Å². The molecule has 1 aliphatic heterocycles. The number of aromatic amines is 1. The molecule has 0 saturated heterocycles. The highest BCUT2D eigenvalue weighted by Gasteiger charge is 2.22. The first-order valence-corrected chi connectivity index (χ1v) is 7.44. The van der Waals surface area contributed by atoms with Gasteiger partial charge in [0.15, 0.2) is 0 Å². The van der Waals surface area contributed by atoms with Crippen LogP contribution in [0.4, 0.5) is 5.82 Å². The molecule has 1 unspecified atom stereocenters. The zero-order valence-electron chi connectivity index (χ0n) is 12.4. The molecule has 1 aliphatic rings. The van der Waals surface area contributed by atoms with Gasteiger partial charge >= 0.3 is 0 Å². The van der Waals surface area contributed by atoms with Crippen LogP contribution in [0.2, 0.25) is 0 Å². The second kappa shape index (κ2) is 5.27. The number of amides is 1. The van der Waals surface area contributed by atoms with Gasteiger partial charge < -0.3 is 15.6 Å². The molecule has 0 aromatic carbocycles. The molecule has 4 N–H and O–H groups in total. The Hall–Kier alpha value is -2.24. The third kappa shape index (κ3) is 2.41. The first kappa shape index (κ1) is 13.7. The topological polar surface area (TPSA) is 88.7 Å². The summed E-state index contributed by atoms with van der Waals surface area (Å²) in [5.74, 6) is 0.532. The van der Waals surface area contributed by atoms with Gasteiger partial charge in [0.1, 0.15) is 5.82 Å². The Morgan fingerprint density at radius 1 is 1.62 bits per heavy atom. The van der Waals surface area contributed by atoms with Crippen molar-refractivity contribution in [1.82, 2.24) is 20.1 Å². The normalized spacial score (nSPS) is 15.0. The number of nitrogens with two attached hydrogens (primary N) is 1. The van der Waals surface area contributed by atoms with E-state index in [1.54, 1.807) is 0 Å². The highest BCUT2D eigenvalue weighted by atomic mass is 16.1. The van der Waals surface area contributed by atoms with Gasteiger partial charge in [-0.15, -0.1) is 0 Å². The fraction of sp³-hybridized carbons (Fsp3) is 0.467. The molecule has 0 bridgehead atoms. The number of nitrogens with zero attached hydrogens (tertiary/aromatic N) is 2. The van der Waals surface area contributed by atoms with Gasteiger partial charge in [-0.25, -0.2) is 0 Å². The van der Waals surface area contributed by atoms with Crippen LogP contribution < -0.4 is 11.1 Å². The maximum atomic E-state index is 12.3. The van der Waals surface area contributed by atoms with Crippen LogP contribution in [0.5, 0.6) is 0 Å². The van der Waals surface area contributed by atoms with E-state index in [0.717, 1.165) is 42.8 Å². The van der Waals surface area contributed by atoms with E-state index >= 15 is 0 Å². The lowest BCUT2D eigenvalue weighted by atomic mass is 10.1. The molecule has 21 heavy (non-hydrogen) atoms. The fourth-order valence-corrected chi connectivity index (χ4v) is 2.71. The van der Waals surface area contributed by atoms with Crippen LogP contribution in [-0.4, -0.2) is 26.7 Å². The van der Waals surface area contributed by atoms with Crippen LogP contribution in [0.15, 0.2) is 12.3 Å². The molecule has 0 aliphatic carbocycles. The van der Waals surface area contributed by atoms with E-state index < -0.39 is 0 Å². The van der Waals surface area contributed by atoms with Gasteiger partial charge in [0.25, 0.3) is 5.91 Å². The highest BCUT2D eigenvalue weighted by molar-refractivity contribution is 5.95. The summed E-state index contributed by atoms with van der Waals surface area (Å²) >= 11 is 0. The number of fused-ring (bicyclic) bond motifs is 3. The first-order valence-electron chi connectivity index (χ1n) is 7.44. The minimum Gasteiger partial charge on any atom is -0.382 e. The largest absolute Gasteiger partial charge is 0.382 e.